The van der Waals surface area contributed by atoms with Gasteiger partial charge < -0.3 is 15.0 Å². The number of fused-ring (bicyclic) bond motifs is 2. The number of hydrogen-bond acceptors (Lipinski definition) is 5. The number of carbonyl (C=O) groups excluding carboxylic acids is 4. The van der Waals surface area contributed by atoms with Crippen molar-refractivity contribution in [2.45, 2.75) is 44.6 Å². The molecule has 8 heteroatoms. The number of H-pyrrole nitrogens is 1. The summed E-state index contributed by atoms with van der Waals surface area (Å²) in [5, 5.41) is 3.68. The van der Waals surface area contributed by atoms with Crippen LogP contribution in [0, 0.1) is 11.8 Å². The zero-order valence-corrected chi connectivity index (χ0v) is 17.6. The van der Waals surface area contributed by atoms with Crippen LogP contribution in [0.15, 0.2) is 30.5 Å². The number of amides is 3. The first-order valence-corrected chi connectivity index (χ1v) is 10.8. The first-order chi connectivity index (χ1) is 15.0. The maximum atomic E-state index is 12.6. The highest BCUT2D eigenvalue weighted by molar-refractivity contribution is 6.05. The van der Waals surface area contributed by atoms with Crippen LogP contribution in [0.4, 0.5) is 0 Å². The number of carbonyl (C=O) groups is 4. The normalized spacial score (nSPS) is 21.8. The summed E-state index contributed by atoms with van der Waals surface area (Å²) in [5.74, 6) is -1.72. The summed E-state index contributed by atoms with van der Waals surface area (Å²) >= 11 is 0. The van der Waals surface area contributed by atoms with E-state index in [1.165, 1.54) is 12.0 Å². The average Bonchev–Trinajstić information content (AvgIpc) is 3.30. The van der Waals surface area contributed by atoms with Gasteiger partial charge in [-0.1, -0.05) is 31.0 Å². The lowest BCUT2D eigenvalue weighted by Gasteiger charge is -2.19. The Morgan fingerprint density at radius 3 is 2.52 bits per heavy atom. The van der Waals surface area contributed by atoms with Crippen molar-refractivity contribution in [1.82, 2.24) is 15.2 Å². The molecule has 2 heterocycles. The number of aromatic nitrogens is 1. The Balaban J connectivity index is 1.38. The minimum Gasteiger partial charge on any atom is -0.467 e. The Bertz CT molecular complexity index is 990. The molecule has 1 aliphatic heterocycles. The van der Waals surface area contributed by atoms with E-state index >= 15 is 0 Å². The molecule has 2 fully saturated rings. The van der Waals surface area contributed by atoms with Gasteiger partial charge in [-0.25, -0.2) is 4.79 Å². The lowest BCUT2D eigenvalue weighted by molar-refractivity contribution is -0.145. The quantitative estimate of drug-likeness (QED) is 0.521. The molecule has 1 aromatic carbocycles. The zero-order valence-electron chi connectivity index (χ0n) is 17.6. The fourth-order valence-corrected chi connectivity index (χ4v) is 4.79. The van der Waals surface area contributed by atoms with Crippen LogP contribution < -0.4 is 5.32 Å². The van der Waals surface area contributed by atoms with Crippen LogP contribution in [0.3, 0.4) is 0 Å². The third kappa shape index (κ3) is 4.19. The number of nitrogens with zero attached hydrogens (tertiary/aromatic N) is 1. The third-order valence-corrected chi connectivity index (χ3v) is 6.41. The van der Waals surface area contributed by atoms with Crippen LogP contribution in [0.2, 0.25) is 0 Å². The predicted octanol–water partition coefficient (Wildman–Crippen LogP) is 1.93. The zero-order chi connectivity index (χ0) is 22.0. The highest BCUT2D eigenvalue weighted by Crippen LogP contribution is 2.37. The van der Waals surface area contributed by atoms with Gasteiger partial charge in [-0.15, -0.1) is 0 Å². The first-order valence-electron chi connectivity index (χ1n) is 10.8. The van der Waals surface area contributed by atoms with Gasteiger partial charge in [0.15, 0.2) is 0 Å². The molecule has 8 nitrogen and oxygen atoms in total. The van der Waals surface area contributed by atoms with Crippen molar-refractivity contribution >= 4 is 34.6 Å². The second kappa shape index (κ2) is 8.91. The highest BCUT2D eigenvalue weighted by Gasteiger charge is 2.47. The molecule has 0 unspecified atom stereocenters. The number of likely N-dealkylation sites (tertiary alicyclic amines) is 1. The maximum Gasteiger partial charge on any atom is 0.328 e. The molecule has 0 bridgehead atoms. The number of methoxy groups -OCH3 is 1. The van der Waals surface area contributed by atoms with Gasteiger partial charge in [-0.3, -0.25) is 19.3 Å². The molecule has 1 saturated heterocycles. The molecule has 164 valence electrons. The summed E-state index contributed by atoms with van der Waals surface area (Å²) in [6.45, 7) is 0.0392. The van der Waals surface area contributed by atoms with Gasteiger partial charge in [0.2, 0.25) is 17.7 Å². The van der Waals surface area contributed by atoms with Crippen LogP contribution in [0.25, 0.3) is 10.9 Å². The van der Waals surface area contributed by atoms with Crippen LogP contribution in [0.5, 0.6) is 0 Å². The fourth-order valence-electron chi connectivity index (χ4n) is 4.79. The van der Waals surface area contributed by atoms with Crippen LogP contribution in [-0.4, -0.2) is 53.3 Å². The SMILES string of the molecule is COC(=O)[C@@H](Cc1c[nH]c2ccccc12)NC(=O)CCN1C(=O)[C@H]2CCCC[C@H]2C1=O. The Labute approximate surface area is 180 Å². The number of hydrogen-bond donors (Lipinski definition) is 2. The van der Waals surface area contributed by atoms with Crippen molar-refractivity contribution < 1.29 is 23.9 Å². The number of benzene rings is 1. The average molecular weight is 425 g/mol. The van der Waals surface area contributed by atoms with Gasteiger partial charge in [0, 0.05) is 36.5 Å². The van der Waals surface area contributed by atoms with Crippen molar-refractivity contribution in [1.29, 1.82) is 0 Å². The summed E-state index contributed by atoms with van der Waals surface area (Å²) < 4.78 is 4.87. The van der Waals surface area contributed by atoms with Crippen LogP contribution >= 0.6 is 0 Å². The van der Waals surface area contributed by atoms with Gasteiger partial charge in [0.05, 0.1) is 18.9 Å². The topological polar surface area (TPSA) is 109 Å². The molecule has 1 saturated carbocycles. The number of para-hydroxylation sites is 1. The number of imide groups is 1. The Morgan fingerprint density at radius 1 is 1.16 bits per heavy atom. The second-order valence-corrected chi connectivity index (χ2v) is 8.28. The summed E-state index contributed by atoms with van der Waals surface area (Å²) in [6.07, 6.45) is 5.45. The van der Waals surface area contributed by atoms with Crippen molar-refractivity contribution in [2.24, 2.45) is 11.8 Å². The van der Waals surface area contributed by atoms with E-state index in [4.69, 9.17) is 4.74 Å². The second-order valence-electron chi connectivity index (χ2n) is 8.28. The fraction of sp³-hybridized carbons (Fsp3) is 0.478. The van der Waals surface area contributed by atoms with Gasteiger partial charge in [-0.2, -0.15) is 0 Å². The Morgan fingerprint density at radius 2 is 1.84 bits per heavy atom. The number of rotatable bonds is 7. The van der Waals surface area contributed by atoms with Crippen molar-refractivity contribution in [3.05, 3.63) is 36.0 Å². The lowest BCUT2D eigenvalue weighted by atomic mass is 9.81. The monoisotopic (exact) mass is 425 g/mol. The Kier molecular flexibility index (Phi) is 6.06. The molecule has 2 aromatic rings. The van der Waals surface area contributed by atoms with E-state index in [-0.39, 0.29) is 43.0 Å². The summed E-state index contributed by atoms with van der Waals surface area (Å²) in [6, 6.07) is 6.85. The molecule has 31 heavy (non-hydrogen) atoms. The molecule has 3 atom stereocenters. The van der Waals surface area contributed by atoms with Crippen LogP contribution in [0.1, 0.15) is 37.7 Å². The van der Waals surface area contributed by atoms with E-state index in [9.17, 15) is 19.2 Å². The summed E-state index contributed by atoms with van der Waals surface area (Å²) in [7, 11) is 1.28. The van der Waals surface area contributed by atoms with E-state index < -0.39 is 17.9 Å². The molecule has 3 amide bonds. The number of aromatic amines is 1. The van der Waals surface area contributed by atoms with Gasteiger partial charge in [0.1, 0.15) is 6.04 Å². The van der Waals surface area contributed by atoms with E-state index in [0.717, 1.165) is 42.1 Å². The van der Waals surface area contributed by atoms with Gasteiger partial charge >= 0.3 is 5.97 Å². The molecule has 2 N–H and O–H groups in total. The molecular formula is C23H27N3O5. The molecule has 2 aliphatic rings. The molecule has 1 aliphatic carbocycles. The van der Waals surface area contributed by atoms with Crippen LogP contribution in [-0.2, 0) is 30.3 Å². The smallest absolute Gasteiger partial charge is 0.328 e. The Hall–Kier alpha value is -3.16. The highest BCUT2D eigenvalue weighted by atomic mass is 16.5. The molecule has 0 spiro atoms. The minimum atomic E-state index is -0.857. The number of esters is 1. The largest absolute Gasteiger partial charge is 0.467 e. The lowest BCUT2D eigenvalue weighted by Crippen LogP contribution is -2.44. The number of nitrogens with one attached hydrogen (secondary N) is 2. The standard InChI is InChI=1S/C23H27N3O5/c1-31-23(30)19(12-14-13-24-18-9-5-4-6-15(14)18)25-20(27)10-11-26-21(28)16-7-2-3-8-17(16)22(26)29/h4-6,9,13,16-17,19,24H,2-3,7-8,10-12H2,1H3,(H,25,27)/t16-,17+,19-/m1/s1. The van der Waals surface area contributed by atoms with E-state index in [2.05, 4.69) is 10.3 Å². The molecule has 0 radical (unpaired) electrons. The third-order valence-electron chi connectivity index (χ3n) is 6.41. The van der Waals surface area contributed by atoms with Gasteiger partial charge in [-0.05, 0) is 24.5 Å². The molecule has 4 rings (SSSR count). The minimum absolute atomic E-state index is 0.0392. The first kappa shape index (κ1) is 21.1. The van der Waals surface area contributed by atoms with Gasteiger partial charge in [0.25, 0.3) is 0 Å². The maximum absolute atomic E-state index is 12.6. The van der Waals surface area contributed by atoms with Crippen molar-refractivity contribution in [3.8, 4) is 0 Å². The molecular weight excluding hydrogens is 398 g/mol. The summed E-state index contributed by atoms with van der Waals surface area (Å²) in [4.78, 5) is 54.4. The molecule has 1 aromatic heterocycles. The van der Waals surface area contributed by atoms with E-state index in [0.29, 0.717) is 0 Å². The number of ether oxygens (including phenoxy) is 1. The van der Waals surface area contributed by atoms with Crippen molar-refractivity contribution in [3.63, 3.8) is 0 Å². The summed E-state index contributed by atoms with van der Waals surface area (Å²) in [5.41, 5.74) is 1.83. The predicted molar refractivity (Wildman–Crippen MR) is 113 cm³/mol. The van der Waals surface area contributed by atoms with Crippen molar-refractivity contribution in [2.75, 3.05) is 13.7 Å². The van der Waals surface area contributed by atoms with E-state index in [1.807, 2.05) is 30.5 Å². The van der Waals surface area contributed by atoms with E-state index in [1.54, 1.807) is 0 Å².